The highest BCUT2D eigenvalue weighted by atomic mass is 32.1. The molecule has 7 heteroatoms. The van der Waals surface area contributed by atoms with Gasteiger partial charge in [0.15, 0.2) is 11.5 Å². The summed E-state index contributed by atoms with van der Waals surface area (Å²) in [6.07, 6.45) is 8.57. The number of benzene rings is 1. The predicted octanol–water partition coefficient (Wildman–Crippen LogP) is 3.56. The van der Waals surface area contributed by atoms with Crippen LogP contribution in [0.3, 0.4) is 0 Å². The van der Waals surface area contributed by atoms with Gasteiger partial charge < -0.3 is 19.8 Å². The number of piperidine rings is 1. The average molecular weight is 493 g/mol. The molecule has 2 aliphatic heterocycles. The van der Waals surface area contributed by atoms with E-state index in [1.807, 2.05) is 36.0 Å². The molecular formula is C28H32N2O4S. The lowest BCUT2D eigenvalue weighted by Crippen LogP contribution is -2.78. The van der Waals surface area contributed by atoms with E-state index in [0.717, 1.165) is 43.0 Å². The smallest absolute Gasteiger partial charge is 0.246 e. The Hall–Kier alpha value is -2.35. The van der Waals surface area contributed by atoms with Crippen molar-refractivity contribution < 1.29 is 19.7 Å². The molecule has 1 aromatic carbocycles. The van der Waals surface area contributed by atoms with Crippen molar-refractivity contribution in [3.8, 4) is 11.5 Å². The number of carbonyl (C=O) groups is 1. The number of likely N-dealkylation sites (N-methyl/N-ethyl adjacent to an activating group) is 1. The van der Waals surface area contributed by atoms with Gasteiger partial charge in [-0.15, -0.1) is 0 Å². The van der Waals surface area contributed by atoms with Gasteiger partial charge >= 0.3 is 0 Å². The first-order valence-corrected chi connectivity index (χ1v) is 13.8. The van der Waals surface area contributed by atoms with Crippen LogP contribution in [0, 0.1) is 5.92 Å². The normalized spacial score (nSPS) is 35.1. The summed E-state index contributed by atoms with van der Waals surface area (Å²) < 4.78 is 6.59. The Morgan fingerprint density at radius 2 is 2.14 bits per heavy atom. The van der Waals surface area contributed by atoms with E-state index in [1.165, 1.54) is 18.4 Å². The first kappa shape index (κ1) is 21.9. The second-order valence-corrected chi connectivity index (χ2v) is 12.0. The van der Waals surface area contributed by atoms with Crippen molar-refractivity contribution >= 4 is 23.3 Å². The molecule has 6 nitrogen and oxygen atoms in total. The standard InChI is InChI=1S/C28H32N2O4S/c1-29(23(32)7-4-18-9-13-35-16-18)20-8-10-28(33)22-14-19-5-6-21(31)25-24(19)27(28,26(20)34-25)11-12-30(22)15-17-2-3-17/h4-7,9,13,16-17,20,22,26,31,33H,2-3,8,10-12,14-15H2,1H3/b7-4+/t20-,22+,26+,27+,28-/m1/s1. The summed E-state index contributed by atoms with van der Waals surface area (Å²) in [5.74, 6) is 1.36. The van der Waals surface area contributed by atoms with E-state index in [1.54, 1.807) is 28.4 Å². The van der Waals surface area contributed by atoms with Crippen LogP contribution in [0.2, 0.25) is 0 Å². The number of ether oxygens (including phenoxy) is 1. The Labute approximate surface area is 209 Å². The molecule has 0 radical (unpaired) electrons. The number of hydrogen-bond acceptors (Lipinski definition) is 6. The zero-order chi connectivity index (χ0) is 23.9. The number of phenolic OH excluding ortho intramolecular Hbond substituents is 1. The van der Waals surface area contributed by atoms with E-state index in [-0.39, 0.29) is 29.8 Å². The van der Waals surface area contributed by atoms with Gasteiger partial charge in [-0.25, -0.2) is 0 Å². The maximum atomic E-state index is 13.2. The number of amides is 1. The Kier molecular flexibility index (Phi) is 4.74. The number of aliphatic hydroxyl groups is 1. The molecule has 7 rings (SSSR count). The summed E-state index contributed by atoms with van der Waals surface area (Å²) in [5.41, 5.74) is 1.68. The van der Waals surface area contributed by atoms with Gasteiger partial charge in [-0.3, -0.25) is 9.69 Å². The van der Waals surface area contributed by atoms with Gasteiger partial charge in [-0.05, 0) is 91.1 Å². The third-order valence-corrected chi connectivity index (χ3v) is 10.2. The molecule has 35 heavy (non-hydrogen) atoms. The van der Waals surface area contributed by atoms with Crippen molar-refractivity contribution in [2.24, 2.45) is 5.92 Å². The third kappa shape index (κ3) is 2.98. The molecule has 3 fully saturated rings. The first-order chi connectivity index (χ1) is 16.9. The molecule has 2 saturated carbocycles. The van der Waals surface area contributed by atoms with Gasteiger partial charge in [0, 0.05) is 31.3 Å². The Bertz CT molecular complexity index is 1210. The number of phenols is 1. The highest BCUT2D eigenvalue weighted by Crippen LogP contribution is 2.66. The van der Waals surface area contributed by atoms with E-state index in [9.17, 15) is 15.0 Å². The van der Waals surface area contributed by atoms with Crippen LogP contribution < -0.4 is 4.74 Å². The van der Waals surface area contributed by atoms with Crippen molar-refractivity contribution in [2.45, 2.75) is 67.7 Å². The Balaban J connectivity index is 1.28. The molecule has 3 heterocycles. The van der Waals surface area contributed by atoms with Gasteiger partial charge in [-0.2, -0.15) is 11.3 Å². The molecule has 0 unspecified atom stereocenters. The molecule has 2 aromatic rings. The SMILES string of the molecule is CN(C(=O)/C=C/c1ccsc1)[C@@H]1CC[C@@]2(O)[C@@H]3Cc4ccc(O)c5c4[C@@]2(CCN3CC2CC2)[C@H]1O5. The van der Waals surface area contributed by atoms with Crippen LogP contribution in [0.4, 0.5) is 0 Å². The van der Waals surface area contributed by atoms with E-state index in [4.69, 9.17) is 4.74 Å². The zero-order valence-electron chi connectivity index (χ0n) is 20.0. The highest BCUT2D eigenvalue weighted by molar-refractivity contribution is 7.08. The number of nitrogens with zero attached hydrogens (tertiary/aromatic N) is 2. The van der Waals surface area contributed by atoms with Crippen molar-refractivity contribution in [1.82, 2.24) is 9.80 Å². The molecule has 5 atom stereocenters. The fraction of sp³-hybridized carbons (Fsp3) is 0.536. The summed E-state index contributed by atoms with van der Waals surface area (Å²) >= 11 is 1.61. The quantitative estimate of drug-likeness (QED) is 0.625. The van der Waals surface area contributed by atoms with E-state index in [2.05, 4.69) is 4.90 Å². The zero-order valence-corrected chi connectivity index (χ0v) is 20.8. The van der Waals surface area contributed by atoms with Gasteiger partial charge in [0.1, 0.15) is 6.10 Å². The Morgan fingerprint density at radius 1 is 1.29 bits per heavy atom. The molecule has 184 valence electrons. The van der Waals surface area contributed by atoms with Crippen molar-refractivity contribution in [3.63, 3.8) is 0 Å². The van der Waals surface area contributed by atoms with E-state index in [0.29, 0.717) is 18.6 Å². The Morgan fingerprint density at radius 3 is 2.91 bits per heavy atom. The number of rotatable bonds is 5. The van der Waals surface area contributed by atoms with Gasteiger partial charge in [0.25, 0.3) is 0 Å². The maximum Gasteiger partial charge on any atom is 0.246 e. The lowest BCUT2D eigenvalue weighted by Gasteiger charge is -2.64. The predicted molar refractivity (Wildman–Crippen MR) is 135 cm³/mol. The van der Waals surface area contributed by atoms with E-state index >= 15 is 0 Å². The van der Waals surface area contributed by atoms with Crippen LogP contribution in [0.15, 0.2) is 35.0 Å². The van der Waals surface area contributed by atoms with Crippen LogP contribution in [0.25, 0.3) is 6.08 Å². The minimum Gasteiger partial charge on any atom is -0.504 e. The van der Waals surface area contributed by atoms with Crippen LogP contribution in [0.5, 0.6) is 11.5 Å². The van der Waals surface area contributed by atoms with Gasteiger partial charge in [0.2, 0.25) is 5.91 Å². The van der Waals surface area contributed by atoms with Crippen LogP contribution in [-0.2, 0) is 16.6 Å². The number of hydrogen-bond donors (Lipinski definition) is 2. The lowest BCUT2D eigenvalue weighted by atomic mass is 9.48. The largest absolute Gasteiger partial charge is 0.504 e. The number of carbonyl (C=O) groups excluding carboxylic acids is 1. The summed E-state index contributed by atoms with van der Waals surface area (Å²) in [5, 5.41) is 27.4. The van der Waals surface area contributed by atoms with Crippen molar-refractivity contribution in [2.75, 3.05) is 20.1 Å². The van der Waals surface area contributed by atoms with Crippen molar-refractivity contribution in [3.05, 3.63) is 51.7 Å². The highest BCUT2D eigenvalue weighted by Gasteiger charge is 2.73. The second kappa shape index (κ2) is 7.58. The van der Waals surface area contributed by atoms with Gasteiger partial charge in [0.05, 0.1) is 17.1 Å². The fourth-order valence-corrected chi connectivity index (χ4v) is 8.30. The summed E-state index contributed by atoms with van der Waals surface area (Å²) in [6, 6.07) is 5.62. The second-order valence-electron chi connectivity index (χ2n) is 11.2. The molecule has 2 N–H and O–H groups in total. The number of thiophene rings is 1. The van der Waals surface area contributed by atoms with Crippen LogP contribution in [-0.4, -0.2) is 69.8 Å². The first-order valence-electron chi connectivity index (χ1n) is 12.9. The average Bonchev–Trinajstić information content (AvgIpc) is 3.36. The lowest BCUT2D eigenvalue weighted by molar-refractivity contribution is -0.200. The fourth-order valence-electron chi connectivity index (χ4n) is 7.67. The van der Waals surface area contributed by atoms with E-state index < -0.39 is 11.0 Å². The molecule has 1 saturated heterocycles. The minimum atomic E-state index is -0.927. The monoisotopic (exact) mass is 492 g/mol. The summed E-state index contributed by atoms with van der Waals surface area (Å²) in [4.78, 5) is 17.6. The molecular weight excluding hydrogens is 460 g/mol. The topological polar surface area (TPSA) is 73.2 Å². The molecule has 2 bridgehead atoms. The molecule has 5 aliphatic rings. The summed E-state index contributed by atoms with van der Waals surface area (Å²) in [6.45, 7) is 1.98. The maximum absolute atomic E-state index is 13.2. The number of likely N-dealkylation sites (tertiary alicyclic amines) is 1. The third-order valence-electron chi connectivity index (χ3n) is 9.54. The molecule has 1 aromatic heterocycles. The number of aromatic hydroxyl groups is 1. The van der Waals surface area contributed by atoms with Crippen molar-refractivity contribution in [1.29, 1.82) is 0 Å². The minimum absolute atomic E-state index is 0.0476. The van der Waals surface area contributed by atoms with Gasteiger partial charge in [-0.1, -0.05) is 6.07 Å². The summed E-state index contributed by atoms with van der Waals surface area (Å²) in [7, 11) is 1.85. The van der Waals surface area contributed by atoms with Crippen LogP contribution >= 0.6 is 11.3 Å². The molecule has 3 aliphatic carbocycles. The molecule has 1 amide bonds. The molecule has 1 spiro atoms. The van der Waals surface area contributed by atoms with Crippen LogP contribution in [0.1, 0.15) is 48.8 Å².